The lowest BCUT2D eigenvalue weighted by molar-refractivity contribution is 0.560. The summed E-state index contributed by atoms with van der Waals surface area (Å²) in [7, 11) is 4.06. The molecule has 0 bridgehead atoms. The number of fused-ring (bicyclic) bond motifs is 15. The highest BCUT2D eigenvalue weighted by Gasteiger charge is 2.09. The highest BCUT2D eigenvalue weighted by molar-refractivity contribution is 7.19. The summed E-state index contributed by atoms with van der Waals surface area (Å²) in [6.45, 7) is 21.5. The van der Waals surface area contributed by atoms with E-state index in [1.165, 1.54) is 41.3 Å². The first-order valence-corrected chi connectivity index (χ1v) is 41.6. The Morgan fingerprint density at radius 3 is 1.03 bits per heavy atom. The Morgan fingerprint density at radius 1 is 0.269 bits per heavy atom. The summed E-state index contributed by atoms with van der Waals surface area (Å²) < 4.78 is 35.4. The van der Waals surface area contributed by atoms with Crippen LogP contribution >= 0.6 is 45.3 Å². The Bertz CT molecular complexity index is 6470. The van der Waals surface area contributed by atoms with E-state index in [0.29, 0.717) is 0 Å². The zero-order chi connectivity index (χ0) is 82.9. The number of nitrogens with one attached hydrogen (secondary N) is 1. The van der Waals surface area contributed by atoms with Crippen LogP contribution in [-0.4, -0.2) is 68.9 Å². The van der Waals surface area contributed by atoms with Crippen LogP contribution in [0.5, 0.6) is 0 Å². The highest BCUT2D eigenvalue weighted by Crippen LogP contribution is 2.29. The molecule has 12 aromatic carbocycles. The number of oxazole rings is 4. The van der Waals surface area contributed by atoms with Gasteiger partial charge in [-0.15, -0.1) is 45.3 Å². The minimum atomic E-state index is 0.719. The number of rotatable bonds is 0. The van der Waals surface area contributed by atoms with Gasteiger partial charge in [0.1, 0.15) is 39.5 Å². The molecule has 0 spiro atoms. The molecule has 594 valence electrons. The van der Waals surface area contributed by atoms with Crippen LogP contribution in [0.2, 0.25) is 0 Å². The molecule has 0 saturated heterocycles. The first kappa shape index (κ1) is 81.8. The Balaban J connectivity index is 0.000000108. The molecule has 23 heteroatoms. The van der Waals surface area contributed by atoms with Crippen LogP contribution < -0.4 is 0 Å². The highest BCUT2D eigenvalue weighted by atomic mass is 32.1. The van der Waals surface area contributed by atoms with Crippen LogP contribution in [0.1, 0.15) is 61.1 Å². The van der Waals surface area contributed by atoms with Crippen molar-refractivity contribution in [3.05, 3.63) is 340 Å². The molecule has 0 fully saturated rings. The molecule has 24 rings (SSSR count). The van der Waals surface area contributed by atoms with Gasteiger partial charge in [-0.25, -0.2) is 54.8 Å². The summed E-state index contributed by atoms with van der Waals surface area (Å²) >= 11 is 6.88. The first-order chi connectivity index (χ1) is 57.8. The molecule has 0 amide bonds. The molecule has 119 heavy (non-hydrogen) atoms. The number of hydrogen-bond donors (Lipinski definition) is 1. The number of hydrogen-bond acceptors (Lipinski definition) is 20. The van der Waals surface area contributed by atoms with Gasteiger partial charge in [0, 0.05) is 52.6 Å². The maximum Gasteiger partial charge on any atom is 0.237 e. The zero-order valence-electron chi connectivity index (χ0n) is 68.0. The topological polar surface area (TPSA) is 233 Å². The largest absolute Gasteiger partial charge is 0.445 e. The van der Waals surface area contributed by atoms with Gasteiger partial charge < -0.3 is 36.2 Å². The Hall–Kier alpha value is -13.7. The molecule has 19 nitrogen and oxygen atoms in total. The van der Waals surface area contributed by atoms with E-state index in [1.807, 2.05) is 290 Å². The van der Waals surface area contributed by atoms with Crippen molar-refractivity contribution in [1.82, 2.24) is 68.9 Å². The number of aromatic nitrogens is 14. The lowest BCUT2D eigenvalue weighted by Crippen LogP contribution is -1.89. The quantitative estimate of drug-likeness (QED) is 0.149. The first-order valence-electron chi connectivity index (χ1n) is 38.4. The number of aromatic amines is 1. The second-order valence-corrected chi connectivity index (χ2v) is 32.3. The minimum absolute atomic E-state index is 0.719. The molecule has 0 atom stereocenters. The number of nitrogens with zero attached hydrogens (tertiary/aromatic N) is 13. The number of aryl methyl sites for hydroxylation is 13. The summed E-state index contributed by atoms with van der Waals surface area (Å²) in [5.74, 6) is 5.98. The van der Waals surface area contributed by atoms with Crippen molar-refractivity contribution >= 4 is 185 Å². The second-order valence-electron chi connectivity index (χ2n) is 27.3. The van der Waals surface area contributed by atoms with E-state index in [2.05, 4.69) is 142 Å². The monoisotopic (exact) mass is 1640 g/mol. The van der Waals surface area contributed by atoms with Gasteiger partial charge in [0.25, 0.3) is 0 Å². The summed E-state index contributed by atoms with van der Waals surface area (Å²) in [5.41, 5.74) is 18.0. The van der Waals surface area contributed by atoms with E-state index >= 15 is 0 Å². The molecule has 0 aliphatic carbocycles. The fourth-order valence-electron chi connectivity index (χ4n) is 12.9. The summed E-state index contributed by atoms with van der Waals surface area (Å²) in [6, 6.07) is 90.8. The standard InChI is InChI=1S/C12H10N2.C12H9NO.2C9H10N2.3C8H7NO.3C8H7NS.C6H5NOS/c1-8-13-11-7-6-9-4-2-3-5-10(9)12(11)14-8;1-8-13-12-10-5-3-2-4-9(10)6-7-11(12)14-8;2*1-7-10-8-5-3-4-6-9(8)11(7)2;6*1-6-9-7-4-2-3-5-8(7)10-6;1-4-7-6-5(9-4)2-3-8-6/h2-7H,1H3,(H,13,14);2-7H,1H3;2*3-6H,1-2H3;6*2-5H,1H3;2-3H,1H3. The smallest absolute Gasteiger partial charge is 0.237 e. The van der Waals surface area contributed by atoms with Gasteiger partial charge in [-0.2, -0.15) is 0 Å². The van der Waals surface area contributed by atoms with E-state index in [4.69, 9.17) is 22.1 Å². The van der Waals surface area contributed by atoms with E-state index in [9.17, 15) is 0 Å². The molecule has 24 aromatic rings. The number of imidazole rings is 3. The zero-order valence-corrected chi connectivity index (χ0v) is 71.3. The van der Waals surface area contributed by atoms with E-state index in [1.54, 1.807) is 51.6 Å². The average Bonchev–Trinajstić information content (AvgIpc) is 1.70. The van der Waals surface area contributed by atoms with E-state index < -0.39 is 0 Å². The maximum atomic E-state index is 5.46. The maximum absolute atomic E-state index is 5.46. The fraction of sp³-hybridized carbons (Fsp3) is 0.135. The lowest BCUT2D eigenvalue weighted by Gasteiger charge is -1.96. The number of thiazole rings is 4. The Labute approximate surface area is 702 Å². The van der Waals surface area contributed by atoms with Gasteiger partial charge in [-0.1, -0.05) is 158 Å². The van der Waals surface area contributed by atoms with Crippen LogP contribution in [0.4, 0.5) is 0 Å². The van der Waals surface area contributed by atoms with Crippen molar-refractivity contribution in [2.45, 2.75) is 76.2 Å². The number of H-pyrrole nitrogens is 1. The number of para-hydroxylation sites is 13. The summed E-state index contributed by atoms with van der Waals surface area (Å²) in [6.07, 6.45) is 1.66. The van der Waals surface area contributed by atoms with Crippen molar-refractivity contribution in [3.63, 3.8) is 0 Å². The molecule has 0 aliphatic heterocycles. The van der Waals surface area contributed by atoms with Crippen molar-refractivity contribution in [3.8, 4) is 0 Å². The molecular weight excluding hydrogens is 1560 g/mol. The molecule has 0 saturated carbocycles. The summed E-state index contributed by atoms with van der Waals surface area (Å²) in [4.78, 5) is 50.4. The molecule has 12 heterocycles. The van der Waals surface area contributed by atoms with Gasteiger partial charge in [0.2, 0.25) is 5.71 Å². The molecule has 0 radical (unpaired) electrons. The van der Waals surface area contributed by atoms with Gasteiger partial charge in [-0.3, -0.25) is 0 Å². The van der Waals surface area contributed by atoms with Gasteiger partial charge in [0.15, 0.2) is 45.9 Å². The third-order valence-corrected chi connectivity index (χ3v) is 22.2. The Morgan fingerprint density at radius 2 is 0.613 bits per heavy atom. The lowest BCUT2D eigenvalue weighted by atomic mass is 10.1. The van der Waals surface area contributed by atoms with Crippen molar-refractivity contribution in [1.29, 1.82) is 0 Å². The Kier molecular flexibility index (Phi) is 26.4. The SMILES string of the molecule is Cc1nc2c(ccc3ccccc32)[nH]1.Cc1nc2c(ccc3ccccc32)o1.Cc1nc2ccccc2n1C.Cc1nc2ccccc2n1C.Cc1nc2ccccc2o1.Cc1nc2ccccc2o1.Cc1nc2ccccc2o1.Cc1nc2ccccc2s1.Cc1nc2ccccc2s1.Cc1nc2ccccc2s1.Cc1nc2occc2s1. The normalized spacial score (nSPS) is 10.7. The van der Waals surface area contributed by atoms with E-state index in [-0.39, 0.29) is 0 Å². The van der Waals surface area contributed by atoms with Gasteiger partial charge >= 0.3 is 0 Å². The molecule has 0 unspecified atom stereocenters. The number of furan rings is 1. The fourth-order valence-corrected chi connectivity index (χ4v) is 16.1. The third-order valence-electron chi connectivity index (χ3n) is 18.4. The van der Waals surface area contributed by atoms with E-state index in [0.717, 1.165) is 160 Å². The predicted molar refractivity (Wildman–Crippen MR) is 491 cm³/mol. The molecule has 0 aliphatic rings. The van der Waals surface area contributed by atoms with Gasteiger partial charge in [-0.05, 0) is 174 Å². The van der Waals surface area contributed by atoms with Crippen LogP contribution in [0, 0.1) is 76.2 Å². The van der Waals surface area contributed by atoms with Crippen LogP contribution in [-0.2, 0) is 14.1 Å². The van der Waals surface area contributed by atoms with Crippen molar-refractivity contribution < 1.29 is 22.1 Å². The van der Waals surface area contributed by atoms with Crippen LogP contribution in [0.25, 0.3) is 140 Å². The van der Waals surface area contributed by atoms with Crippen molar-refractivity contribution in [2.75, 3.05) is 0 Å². The average molecular weight is 1640 g/mol. The molecule has 1 N–H and O–H groups in total. The van der Waals surface area contributed by atoms with Crippen molar-refractivity contribution in [2.24, 2.45) is 14.1 Å². The van der Waals surface area contributed by atoms with Crippen LogP contribution in [0.3, 0.4) is 0 Å². The van der Waals surface area contributed by atoms with Crippen LogP contribution in [0.15, 0.2) is 301 Å². The predicted octanol–water partition coefficient (Wildman–Crippen LogP) is 26.5. The molecule has 12 aromatic heterocycles. The number of benzene rings is 12. The molecular formula is C96H86N14O5S4. The second kappa shape index (κ2) is 38.4. The summed E-state index contributed by atoms with van der Waals surface area (Å²) in [5, 5.41) is 9.30. The minimum Gasteiger partial charge on any atom is -0.445 e. The third kappa shape index (κ3) is 20.9. The van der Waals surface area contributed by atoms with Gasteiger partial charge in [0.05, 0.1) is 94.7 Å².